The van der Waals surface area contributed by atoms with Gasteiger partial charge in [-0.1, -0.05) is 63.7 Å². The summed E-state index contributed by atoms with van der Waals surface area (Å²) in [5.41, 5.74) is 0.778. The fraction of sp³-hybridized carbons (Fsp3) is 0.500. The van der Waals surface area contributed by atoms with Crippen molar-refractivity contribution in [2.45, 2.75) is 64.7 Å². The van der Waals surface area contributed by atoms with Crippen molar-refractivity contribution in [3.05, 3.63) is 34.9 Å². The van der Waals surface area contributed by atoms with E-state index >= 15 is 0 Å². The van der Waals surface area contributed by atoms with Gasteiger partial charge in [0.15, 0.2) is 0 Å². The number of benzene rings is 1. The Morgan fingerprint density at radius 3 is 1.92 bits per heavy atom. The third-order valence-corrected chi connectivity index (χ3v) is 4.09. The summed E-state index contributed by atoms with van der Waals surface area (Å²) < 4.78 is 0. The topological polar surface area (TPSA) is 34.1 Å². The average molecular weight is 366 g/mol. The Hall–Kier alpha value is -1.30. The summed E-state index contributed by atoms with van der Waals surface area (Å²) in [6.45, 7) is 2.22. The van der Waals surface area contributed by atoms with E-state index < -0.39 is 10.5 Å². The van der Waals surface area contributed by atoms with Gasteiger partial charge in [-0.05, 0) is 41.8 Å². The predicted molar refractivity (Wildman–Crippen MR) is 99.8 cm³/mol. The predicted octanol–water partition coefficient (Wildman–Crippen LogP) is 6.13. The van der Waals surface area contributed by atoms with Crippen LogP contribution in [0.4, 0.5) is 0 Å². The van der Waals surface area contributed by atoms with Crippen LogP contribution in [0.3, 0.4) is 0 Å². The van der Waals surface area contributed by atoms with E-state index in [1.165, 1.54) is 57.1 Å². The first-order valence-corrected chi connectivity index (χ1v) is 9.26. The van der Waals surface area contributed by atoms with Crippen LogP contribution in [0, 0.1) is 17.9 Å². The monoisotopic (exact) mass is 365 g/mol. The van der Waals surface area contributed by atoms with Gasteiger partial charge in [-0.2, -0.15) is 0 Å². The summed E-state index contributed by atoms with van der Waals surface area (Å²) in [5.74, 6) is 6.03. The number of hydrogen-bond acceptors (Lipinski definition) is 2. The largest absolute Gasteiger partial charge is 0.276 e. The molecule has 0 saturated heterocycles. The summed E-state index contributed by atoms with van der Waals surface area (Å²) in [4.78, 5) is 22.5. The fourth-order valence-electron chi connectivity index (χ4n) is 2.37. The minimum atomic E-state index is -0.680. The molecule has 1 rings (SSSR count). The molecule has 0 aliphatic heterocycles. The first-order valence-electron chi connectivity index (χ1n) is 8.50. The smallest absolute Gasteiger partial charge is 0.253 e. The van der Waals surface area contributed by atoms with Gasteiger partial charge < -0.3 is 0 Å². The molecule has 0 heterocycles. The molecule has 1 aromatic rings. The number of unbranched alkanes of at least 4 members (excludes halogenated alkanes) is 8. The minimum absolute atomic E-state index is 0.111. The molecule has 0 aliphatic rings. The first-order chi connectivity index (χ1) is 11.5. The van der Waals surface area contributed by atoms with E-state index in [-0.39, 0.29) is 11.1 Å². The Morgan fingerprint density at radius 1 is 0.917 bits per heavy atom. The van der Waals surface area contributed by atoms with Crippen LogP contribution in [0.15, 0.2) is 12.1 Å². The lowest BCUT2D eigenvalue weighted by Gasteiger charge is -2.00. The molecule has 0 atom stereocenters. The quantitative estimate of drug-likeness (QED) is 0.284. The number of hydrogen-bond donors (Lipinski definition) is 0. The van der Waals surface area contributed by atoms with Gasteiger partial charge in [0.2, 0.25) is 0 Å². The van der Waals surface area contributed by atoms with E-state index in [0.717, 1.165) is 12.8 Å². The Kier molecular flexibility index (Phi) is 10.5. The standard InChI is InChI=1S/C20H23Cl2O2/c1-2-3-4-5-6-7-8-9-10-11-12-16-13-17(19(21)23)15-18(14-16)20(22)24/h13-14H,2-10H2,1H3. The number of carbonyl (C=O) groups is 2. The zero-order valence-electron chi connectivity index (χ0n) is 14.1. The van der Waals surface area contributed by atoms with Crippen molar-refractivity contribution >= 4 is 33.7 Å². The zero-order valence-corrected chi connectivity index (χ0v) is 15.6. The molecule has 129 valence electrons. The Labute approximate surface area is 154 Å². The molecule has 0 spiro atoms. The second-order valence-electron chi connectivity index (χ2n) is 5.77. The molecule has 1 aromatic carbocycles. The Bertz CT molecular complexity index is 580. The lowest BCUT2D eigenvalue weighted by molar-refractivity contribution is 0.108. The molecule has 2 nitrogen and oxygen atoms in total. The molecule has 0 fully saturated rings. The number of rotatable bonds is 10. The molecular weight excluding hydrogens is 343 g/mol. The normalized spacial score (nSPS) is 10.1. The summed E-state index contributed by atoms with van der Waals surface area (Å²) in [5, 5.41) is -1.36. The summed E-state index contributed by atoms with van der Waals surface area (Å²) >= 11 is 10.9. The third kappa shape index (κ3) is 8.52. The van der Waals surface area contributed by atoms with Crippen molar-refractivity contribution in [2.75, 3.05) is 0 Å². The van der Waals surface area contributed by atoms with E-state index in [1.807, 2.05) is 0 Å². The molecule has 0 saturated carbocycles. The van der Waals surface area contributed by atoms with Crippen LogP contribution in [0.1, 0.15) is 91.0 Å². The summed E-state index contributed by atoms with van der Waals surface area (Å²) in [6, 6.07) is 5.65. The lowest BCUT2D eigenvalue weighted by Crippen LogP contribution is -1.97. The van der Waals surface area contributed by atoms with Gasteiger partial charge in [0.05, 0.1) is 0 Å². The van der Waals surface area contributed by atoms with E-state index in [1.54, 1.807) is 0 Å². The highest BCUT2D eigenvalue weighted by atomic mass is 35.5. The highest BCUT2D eigenvalue weighted by Crippen LogP contribution is 2.14. The van der Waals surface area contributed by atoms with Gasteiger partial charge in [0.1, 0.15) is 0 Å². The second-order valence-corrected chi connectivity index (χ2v) is 6.46. The van der Waals surface area contributed by atoms with Crippen molar-refractivity contribution in [3.8, 4) is 11.8 Å². The van der Waals surface area contributed by atoms with Gasteiger partial charge in [0, 0.05) is 29.2 Å². The second kappa shape index (κ2) is 12.1. The minimum Gasteiger partial charge on any atom is -0.276 e. The third-order valence-electron chi connectivity index (χ3n) is 3.68. The number of carbonyl (C=O) groups excluding carboxylic acids is 2. The zero-order chi connectivity index (χ0) is 17.8. The molecule has 0 unspecified atom stereocenters. The fourth-order valence-corrected chi connectivity index (χ4v) is 2.57. The maximum absolute atomic E-state index is 11.2. The van der Waals surface area contributed by atoms with Crippen molar-refractivity contribution in [1.29, 1.82) is 0 Å². The van der Waals surface area contributed by atoms with Crippen LogP contribution in [-0.2, 0) is 0 Å². The SMILES string of the molecule is CCCCCCCCCCC#Cc1cc(C(=O)Cl)[c]c(C(=O)Cl)c1. The van der Waals surface area contributed by atoms with Crippen molar-refractivity contribution in [1.82, 2.24) is 0 Å². The van der Waals surface area contributed by atoms with Gasteiger partial charge >= 0.3 is 0 Å². The Morgan fingerprint density at radius 2 is 1.42 bits per heavy atom. The van der Waals surface area contributed by atoms with Crippen molar-refractivity contribution in [3.63, 3.8) is 0 Å². The van der Waals surface area contributed by atoms with Gasteiger partial charge in [0.25, 0.3) is 10.5 Å². The molecule has 0 N–H and O–H groups in total. The van der Waals surface area contributed by atoms with E-state index in [9.17, 15) is 9.59 Å². The molecule has 4 heteroatoms. The lowest BCUT2D eigenvalue weighted by atomic mass is 10.1. The average Bonchev–Trinajstić information content (AvgIpc) is 2.56. The maximum atomic E-state index is 11.2. The Balaban J connectivity index is 2.43. The van der Waals surface area contributed by atoms with E-state index in [0.29, 0.717) is 5.56 Å². The molecule has 0 aliphatic carbocycles. The van der Waals surface area contributed by atoms with E-state index in [2.05, 4.69) is 24.8 Å². The van der Waals surface area contributed by atoms with Crippen LogP contribution >= 0.6 is 23.2 Å². The molecular formula is C20H23Cl2O2. The van der Waals surface area contributed by atoms with Crippen molar-refractivity contribution < 1.29 is 9.59 Å². The molecule has 24 heavy (non-hydrogen) atoms. The van der Waals surface area contributed by atoms with Crippen LogP contribution in [0.25, 0.3) is 0 Å². The summed E-state index contributed by atoms with van der Waals surface area (Å²) in [7, 11) is 0. The van der Waals surface area contributed by atoms with Crippen LogP contribution in [-0.4, -0.2) is 10.5 Å². The first kappa shape index (κ1) is 20.7. The highest BCUT2D eigenvalue weighted by molar-refractivity contribution is 6.69. The maximum Gasteiger partial charge on any atom is 0.253 e. The molecule has 0 bridgehead atoms. The van der Waals surface area contributed by atoms with Crippen LogP contribution in [0.5, 0.6) is 0 Å². The van der Waals surface area contributed by atoms with Crippen LogP contribution < -0.4 is 0 Å². The van der Waals surface area contributed by atoms with Gasteiger partial charge in [-0.25, -0.2) is 0 Å². The van der Waals surface area contributed by atoms with Crippen molar-refractivity contribution in [2.24, 2.45) is 0 Å². The van der Waals surface area contributed by atoms with Gasteiger partial charge in [-0.3, -0.25) is 9.59 Å². The highest BCUT2D eigenvalue weighted by Gasteiger charge is 2.10. The molecule has 1 radical (unpaired) electrons. The van der Waals surface area contributed by atoms with Crippen LogP contribution in [0.2, 0.25) is 0 Å². The molecule has 0 amide bonds. The summed E-state index contributed by atoms with van der Waals surface area (Å²) in [6.07, 6.45) is 10.9. The van der Waals surface area contributed by atoms with E-state index in [4.69, 9.17) is 23.2 Å². The number of halogens is 2. The van der Waals surface area contributed by atoms with Gasteiger partial charge in [-0.15, -0.1) is 0 Å². The molecule has 0 aromatic heterocycles.